The van der Waals surface area contributed by atoms with E-state index < -0.39 is 0 Å². The molecule has 8 nitrogen and oxygen atoms in total. The standard InChI is InChI=1S/C17H29N7O.HI/c1-7-18-17(19-9-8-16-21-14(5)23-25-16)20-11(2)10-15-12(3)22-24(6)13(15)4;/h11H,7-10H2,1-6H3,(H2,18,19,20);1H. The van der Waals surface area contributed by atoms with E-state index in [1.807, 2.05) is 18.7 Å². The van der Waals surface area contributed by atoms with Crippen LogP contribution in [-0.4, -0.2) is 45.0 Å². The Bertz CT molecular complexity index is 723. The maximum atomic E-state index is 5.11. The van der Waals surface area contributed by atoms with Crippen LogP contribution >= 0.6 is 24.0 Å². The summed E-state index contributed by atoms with van der Waals surface area (Å²) in [5.41, 5.74) is 3.59. The van der Waals surface area contributed by atoms with Gasteiger partial charge in [-0.05, 0) is 46.6 Å². The molecule has 0 radical (unpaired) electrons. The molecule has 2 aromatic heterocycles. The third-order valence-corrected chi connectivity index (χ3v) is 4.06. The zero-order valence-corrected chi connectivity index (χ0v) is 18.8. The van der Waals surface area contributed by atoms with E-state index in [-0.39, 0.29) is 30.0 Å². The highest BCUT2D eigenvalue weighted by atomic mass is 127. The summed E-state index contributed by atoms with van der Waals surface area (Å²) in [6.45, 7) is 11.6. The monoisotopic (exact) mass is 475 g/mol. The second kappa shape index (κ2) is 10.5. The first-order valence-corrected chi connectivity index (χ1v) is 8.73. The fourth-order valence-corrected chi connectivity index (χ4v) is 2.73. The summed E-state index contributed by atoms with van der Waals surface area (Å²) in [6.07, 6.45) is 1.53. The number of nitrogens with zero attached hydrogens (tertiary/aromatic N) is 5. The molecule has 1 unspecified atom stereocenters. The van der Waals surface area contributed by atoms with Crippen LogP contribution in [0.4, 0.5) is 0 Å². The fourth-order valence-electron chi connectivity index (χ4n) is 2.73. The van der Waals surface area contributed by atoms with Gasteiger partial charge in [-0.15, -0.1) is 24.0 Å². The van der Waals surface area contributed by atoms with Gasteiger partial charge in [0.15, 0.2) is 11.8 Å². The van der Waals surface area contributed by atoms with Gasteiger partial charge in [0, 0.05) is 31.7 Å². The van der Waals surface area contributed by atoms with Gasteiger partial charge in [-0.2, -0.15) is 10.1 Å². The van der Waals surface area contributed by atoms with E-state index in [0.29, 0.717) is 24.7 Å². The molecule has 0 saturated heterocycles. The number of aryl methyl sites for hydroxylation is 3. The summed E-state index contributed by atoms with van der Waals surface area (Å²) in [7, 11) is 1.98. The van der Waals surface area contributed by atoms with Crippen LogP contribution in [0.25, 0.3) is 0 Å². The van der Waals surface area contributed by atoms with Gasteiger partial charge in [-0.3, -0.25) is 9.67 Å². The van der Waals surface area contributed by atoms with E-state index in [1.54, 1.807) is 0 Å². The predicted molar refractivity (Wildman–Crippen MR) is 113 cm³/mol. The molecule has 2 rings (SSSR count). The van der Waals surface area contributed by atoms with Crippen LogP contribution in [0.15, 0.2) is 9.52 Å². The lowest BCUT2D eigenvalue weighted by atomic mass is 10.1. The van der Waals surface area contributed by atoms with Crippen LogP contribution in [-0.2, 0) is 19.9 Å². The lowest BCUT2D eigenvalue weighted by molar-refractivity contribution is 0.376. The fraction of sp³-hybridized carbons (Fsp3) is 0.647. The van der Waals surface area contributed by atoms with E-state index in [0.717, 1.165) is 24.6 Å². The highest BCUT2D eigenvalue weighted by Crippen LogP contribution is 2.14. The minimum absolute atomic E-state index is 0. The van der Waals surface area contributed by atoms with Crippen molar-refractivity contribution >= 4 is 29.9 Å². The van der Waals surface area contributed by atoms with E-state index in [9.17, 15) is 0 Å². The second-order valence-corrected chi connectivity index (χ2v) is 6.27. The first-order valence-electron chi connectivity index (χ1n) is 8.73. The van der Waals surface area contributed by atoms with Gasteiger partial charge in [0.1, 0.15) is 0 Å². The van der Waals surface area contributed by atoms with Gasteiger partial charge >= 0.3 is 0 Å². The van der Waals surface area contributed by atoms with Gasteiger partial charge in [-0.1, -0.05) is 5.16 Å². The Labute approximate surface area is 172 Å². The number of guanidine groups is 1. The summed E-state index contributed by atoms with van der Waals surface area (Å²) in [5.74, 6) is 2.07. The van der Waals surface area contributed by atoms with Crippen molar-refractivity contribution in [1.29, 1.82) is 0 Å². The smallest absolute Gasteiger partial charge is 0.228 e. The maximum Gasteiger partial charge on any atom is 0.228 e. The number of nitrogens with one attached hydrogen (secondary N) is 2. The first kappa shape index (κ1) is 22.4. The van der Waals surface area contributed by atoms with Crippen molar-refractivity contribution in [3.05, 3.63) is 28.7 Å². The number of hydrogen-bond acceptors (Lipinski definition) is 5. The third-order valence-electron chi connectivity index (χ3n) is 4.06. The van der Waals surface area contributed by atoms with E-state index in [1.165, 1.54) is 11.3 Å². The molecule has 0 spiro atoms. The molecule has 0 amide bonds. The van der Waals surface area contributed by atoms with Crippen molar-refractivity contribution in [2.75, 3.05) is 13.1 Å². The minimum atomic E-state index is 0. The average Bonchev–Trinajstić information content (AvgIpc) is 3.06. The Morgan fingerprint density at radius 2 is 2.04 bits per heavy atom. The molecule has 26 heavy (non-hydrogen) atoms. The van der Waals surface area contributed by atoms with Crippen LogP contribution in [0.2, 0.25) is 0 Å². The van der Waals surface area contributed by atoms with Gasteiger partial charge in [0.2, 0.25) is 5.89 Å². The Hall–Kier alpha value is -1.65. The lowest BCUT2D eigenvalue weighted by Gasteiger charge is -2.18. The minimum Gasteiger partial charge on any atom is -0.357 e. The Kier molecular flexibility index (Phi) is 9.03. The molecule has 146 valence electrons. The van der Waals surface area contributed by atoms with E-state index in [2.05, 4.69) is 58.6 Å². The molecule has 2 N–H and O–H groups in total. The van der Waals surface area contributed by atoms with Crippen LogP contribution in [0.5, 0.6) is 0 Å². The topological polar surface area (TPSA) is 93.2 Å². The SMILES string of the molecule is CCNC(=NCCc1nc(C)no1)NC(C)Cc1c(C)nn(C)c1C.I. The third kappa shape index (κ3) is 6.26. The Morgan fingerprint density at radius 1 is 1.31 bits per heavy atom. The summed E-state index contributed by atoms with van der Waals surface area (Å²) < 4.78 is 7.05. The second-order valence-electron chi connectivity index (χ2n) is 6.27. The number of aliphatic imine (C=N–C) groups is 1. The molecule has 0 aliphatic heterocycles. The van der Waals surface area contributed by atoms with Gasteiger partial charge in [-0.25, -0.2) is 0 Å². The maximum absolute atomic E-state index is 5.11. The van der Waals surface area contributed by atoms with Crippen LogP contribution < -0.4 is 10.6 Å². The molecule has 9 heteroatoms. The Balaban J connectivity index is 0.00000338. The number of rotatable bonds is 7. The molecular formula is C17H30IN7O. The van der Waals surface area contributed by atoms with Crippen LogP contribution in [0, 0.1) is 20.8 Å². The summed E-state index contributed by atoms with van der Waals surface area (Å²) >= 11 is 0. The lowest BCUT2D eigenvalue weighted by Crippen LogP contribution is -2.43. The number of halogens is 1. The molecule has 0 aliphatic rings. The van der Waals surface area contributed by atoms with E-state index in [4.69, 9.17) is 4.52 Å². The van der Waals surface area contributed by atoms with Crippen molar-refractivity contribution in [2.24, 2.45) is 12.0 Å². The quantitative estimate of drug-likeness (QED) is 0.362. The molecular weight excluding hydrogens is 445 g/mol. The average molecular weight is 475 g/mol. The zero-order chi connectivity index (χ0) is 18.4. The number of hydrogen-bond donors (Lipinski definition) is 2. The van der Waals surface area contributed by atoms with Crippen molar-refractivity contribution in [1.82, 2.24) is 30.6 Å². The Morgan fingerprint density at radius 3 is 2.58 bits per heavy atom. The molecule has 2 heterocycles. The largest absolute Gasteiger partial charge is 0.357 e. The molecule has 0 aromatic carbocycles. The highest BCUT2D eigenvalue weighted by molar-refractivity contribution is 14.0. The van der Waals surface area contributed by atoms with Crippen LogP contribution in [0.3, 0.4) is 0 Å². The summed E-state index contributed by atoms with van der Waals surface area (Å²) in [5, 5.41) is 15.0. The molecule has 2 aromatic rings. The highest BCUT2D eigenvalue weighted by Gasteiger charge is 2.14. The van der Waals surface area contributed by atoms with Gasteiger partial charge in [0.25, 0.3) is 0 Å². The normalized spacial score (nSPS) is 12.6. The summed E-state index contributed by atoms with van der Waals surface area (Å²) in [6, 6.07) is 0.241. The zero-order valence-electron chi connectivity index (χ0n) is 16.5. The predicted octanol–water partition coefficient (Wildman–Crippen LogP) is 2.08. The molecule has 1 atom stereocenters. The molecule has 0 bridgehead atoms. The van der Waals surface area contributed by atoms with Crippen LogP contribution in [0.1, 0.15) is 42.5 Å². The molecule has 0 saturated carbocycles. The summed E-state index contributed by atoms with van der Waals surface area (Å²) in [4.78, 5) is 8.79. The first-order chi connectivity index (χ1) is 11.9. The van der Waals surface area contributed by atoms with Gasteiger partial charge < -0.3 is 15.2 Å². The molecule has 0 fully saturated rings. The van der Waals surface area contributed by atoms with E-state index >= 15 is 0 Å². The molecule has 0 aliphatic carbocycles. The van der Waals surface area contributed by atoms with Gasteiger partial charge in [0.05, 0.1) is 12.2 Å². The van der Waals surface area contributed by atoms with Crippen molar-refractivity contribution < 1.29 is 4.52 Å². The van der Waals surface area contributed by atoms with Crippen molar-refractivity contribution in [3.8, 4) is 0 Å². The van der Waals surface area contributed by atoms with Crippen molar-refractivity contribution in [3.63, 3.8) is 0 Å². The van der Waals surface area contributed by atoms with Crippen molar-refractivity contribution in [2.45, 2.75) is 53.5 Å². The number of aromatic nitrogens is 4.